The standard InChI is InChI=1S/C9H10F3NOS/c10-9(11,12)15-7-3-1-2-6(4-7)8(14)5-13/h1-4,8,14H,5,13H2/t8-/m0/s1. The van der Waals surface area contributed by atoms with E-state index >= 15 is 0 Å². The van der Waals surface area contributed by atoms with Crippen LogP contribution in [0, 0.1) is 0 Å². The molecular formula is C9H10F3NOS. The van der Waals surface area contributed by atoms with Crippen LogP contribution in [0.3, 0.4) is 0 Å². The number of thioether (sulfide) groups is 1. The zero-order chi connectivity index (χ0) is 11.5. The molecule has 6 heteroatoms. The zero-order valence-electron chi connectivity index (χ0n) is 7.66. The van der Waals surface area contributed by atoms with E-state index in [1.54, 1.807) is 0 Å². The Hall–Kier alpha value is -0.720. The van der Waals surface area contributed by atoms with Gasteiger partial charge in [0.25, 0.3) is 0 Å². The van der Waals surface area contributed by atoms with E-state index in [4.69, 9.17) is 5.73 Å². The third-order valence-corrected chi connectivity index (χ3v) is 2.42. The van der Waals surface area contributed by atoms with E-state index in [1.165, 1.54) is 24.3 Å². The third-order valence-electron chi connectivity index (χ3n) is 1.70. The van der Waals surface area contributed by atoms with E-state index in [9.17, 15) is 18.3 Å². The molecule has 2 nitrogen and oxygen atoms in total. The van der Waals surface area contributed by atoms with Crippen molar-refractivity contribution in [1.82, 2.24) is 0 Å². The summed E-state index contributed by atoms with van der Waals surface area (Å²) in [5, 5.41) is 9.34. The zero-order valence-corrected chi connectivity index (χ0v) is 8.48. The molecule has 0 fully saturated rings. The molecule has 0 aliphatic rings. The predicted octanol–water partition coefficient (Wildman–Crippen LogP) is 2.29. The predicted molar refractivity (Wildman–Crippen MR) is 52.4 cm³/mol. The summed E-state index contributed by atoms with van der Waals surface area (Å²) in [5.41, 5.74) is 1.28. The monoisotopic (exact) mass is 237 g/mol. The van der Waals surface area contributed by atoms with Crippen LogP contribution in [-0.4, -0.2) is 17.2 Å². The second kappa shape index (κ2) is 4.87. The van der Waals surface area contributed by atoms with E-state index in [0.717, 1.165) is 0 Å². The molecule has 1 rings (SSSR count). The minimum Gasteiger partial charge on any atom is -0.387 e. The molecule has 84 valence electrons. The summed E-state index contributed by atoms with van der Waals surface area (Å²) in [4.78, 5) is 0.0486. The lowest BCUT2D eigenvalue weighted by molar-refractivity contribution is -0.0328. The van der Waals surface area contributed by atoms with Crippen molar-refractivity contribution in [3.63, 3.8) is 0 Å². The molecule has 0 saturated carbocycles. The molecule has 0 radical (unpaired) electrons. The van der Waals surface area contributed by atoms with E-state index in [2.05, 4.69) is 0 Å². The van der Waals surface area contributed by atoms with Crippen LogP contribution in [0.15, 0.2) is 29.2 Å². The number of alkyl halides is 3. The fraction of sp³-hybridized carbons (Fsp3) is 0.333. The molecule has 0 aromatic heterocycles. The SMILES string of the molecule is NC[C@H](O)c1cccc(SC(F)(F)F)c1. The van der Waals surface area contributed by atoms with Crippen molar-refractivity contribution in [2.24, 2.45) is 5.73 Å². The molecule has 1 aromatic rings. The smallest absolute Gasteiger partial charge is 0.387 e. The van der Waals surface area contributed by atoms with E-state index in [1.807, 2.05) is 0 Å². The Bertz CT molecular complexity index is 329. The molecule has 0 bridgehead atoms. The van der Waals surface area contributed by atoms with Gasteiger partial charge in [-0.05, 0) is 29.5 Å². The van der Waals surface area contributed by atoms with Gasteiger partial charge in [0.1, 0.15) is 0 Å². The van der Waals surface area contributed by atoms with Crippen LogP contribution in [0.25, 0.3) is 0 Å². The minimum absolute atomic E-state index is 0.0138. The molecule has 0 saturated heterocycles. The number of aliphatic hydroxyl groups is 1. The Morgan fingerprint density at radius 3 is 2.60 bits per heavy atom. The lowest BCUT2D eigenvalue weighted by Crippen LogP contribution is -2.11. The van der Waals surface area contributed by atoms with Gasteiger partial charge in [0.2, 0.25) is 0 Å². The molecule has 3 N–H and O–H groups in total. The number of hydrogen-bond donors (Lipinski definition) is 2. The van der Waals surface area contributed by atoms with E-state index in [0.29, 0.717) is 5.56 Å². The van der Waals surface area contributed by atoms with E-state index < -0.39 is 11.6 Å². The Labute approximate surface area is 89.3 Å². The Balaban J connectivity index is 2.83. The van der Waals surface area contributed by atoms with Crippen LogP contribution in [0.5, 0.6) is 0 Å². The fourth-order valence-electron chi connectivity index (χ4n) is 1.06. The highest BCUT2D eigenvalue weighted by molar-refractivity contribution is 8.00. The molecule has 1 atom stereocenters. The number of hydrogen-bond acceptors (Lipinski definition) is 3. The van der Waals surface area contributed by atoms with Crippen molar-refractivity contribution >= 4 is 11.8 Å². The number of halogens is 3. The van der Waals surface area contributed by atoms with Gasteiger partial charge in [-0.15, -0.1) is 0 Å². The molecule has 0 spiro atoms. The first-order chi connectivity index (χ1) is 6.92. The Kier molecular flexibility index (Phi) is 4.01. The van der Waals surface area contributed by atoms with Gasteiger partial charge in [0.15, 0.2) is 0 Å². The lowest BCUT2D eigenvalue weighted by atomic mass is 10.1. The fourth-order valence-corrected chi connectivity index (χ4v) is 1.66. The second-order valence-electron chi connectivity index (χ2n) is 2.87. The first-order valence-corrected chi connectivity index (χ1v) is 4.98. The highest BCUT2D eigenvalue weighted by Crippen LogP contribution is 2.37. The molecule has 1 aromatic carbocycles. The average Bonchev–Trinajstić information content (AvgIpc) is 2.14. The highest BCUT2D eigenvalue weighted by atomic mass is 32.2. The lowest BCUT2D eigenvalue weighted by Gasteiger charge is -2.10. The van der Waals surface area contributed by atoms with Crippen LogP contribution in [0.1, 0.15) is 11.7 Å². The average molecular weight is 237 g/mol. The van der Waals surface area contributed by atoms with Gasteiger partial charge in [0.05, 0.1) is 6.10 Å². The van der Waals surface area contributed by atoms with Crippen LogP contribution in [-0.2, 0) is 0 Å². The van der Waals surface area contributed by atoms with Gasteiger partial charge in [-0.3, -0.25) is 0 Å². The summed E-state index contributed by atoms with van der Waals surface area (Å²) in [6.45, 7) is -0.0138. The number of nitrogens with two attached hydrogens (primary N) is 1. The minimum atomic E-state index is -4.31. The van der Waals surface area contributed by atoms with Crippen LogP contribution >= 0.6 is 11.8 Å². The second-order valence-corrected chi connectivity index (χ2v) is 4.01. The van der Waals surface area contributed by atoms with Crippen LogP contribution in [0.4, 0.5) is 13.2 Å². The molecule has 0 aliphatic carbocycles. The van der Waals surface area contributed by atoms with Crippen LogP contribution < -0.4 is 5.73 Å². The number of benzene rings is 1. The van der Waals surface area contributed by atoms with Gasteiger partial charge in [-0.1, -0.05) is 12.1 Å². The van der Waals surface area contributed by atoms with Gasteiger partial charge in [0, 0.05) is 11.4 Å². The van der Waals surface area contributed by atoms with Gasteiger partial charge in [-0.2, -0.15) is 13.2 Å². The Morgan fingerprint density at radius 2 is 2.07 bits per heavy atom. The number of rotatable bonds is 3. The molecule has 0 unspecified atom stereocenters. The molecule has 0 aliphatic heterocycles. The van der Waals surface area contributed by atoms with Crippen LogP contribution in [0.2, 0.25) is 0 Å². The quantitative estimate of drug-likeness (QED) is 0.793. The van der Waals surface area contributed by atoms with Gasteiger partial charge < -0.3 is 10.8 Å². The normalized spacial score (nSPS) is 13.9. The summed E-state index contributed by atoms with van der Waals surface area (Å²) in [6.07, 6.45) is -0.918. The molecular weight excluding hydrogens is 227 g/mol. The van der Waals surface area contributed by atoms with E-state index in [-0.39, 0.29) is 23.2 Å². The first kappa shape index (κ1) is 12.4. The number of aliphatic hydroxyl groups excluding tert-OH is 1. The van der Waals surface area contributed by atoms with Gasteiger partial charge in [-0.25, -0.2) is 0 Å². The van der Waals surface area contributed by atoms with Crippen molar-refractivity contribution < 1.29 is 18.3 Å². The molecule has 0 amide bonds. The summed E-state index contributed by atoms with van der Waals surface area (Å²) < 4.78 is 36.1. The largest absolute Gasteiger partial charge is 0.446 e. The maximum Gasteiger partial charge on any atom is 0.446 e. The maximum atomic E-state index is 12.0. The van der Waals surface area contributed by atoms with Crippen molar-refractivity contribution in [2.75, 3.05) is 6.54 Å². The van der Waals surface area contributed by atoms with Crippen molar-refractivity contribution in [3.8, 4) is 0 Å². The highest BCUT2D eigenvalue weighted by Gasteiger charge is 2.29. The summed E-state index contributed by atoms with van der Waals surface area (Å²) in [5.74, 6) is 0. The maximum absolute atomic E-state index is 12.0. The van der Waals surface area contributed by atoms with Crippen molar-refractivity contribution in [1.29, 1.82) is 0 Å². The topological polar surface area (TPSA) is 46.2 Å². The van der Waals surface area contributed by atoms with Crippen molar-refractivity contribution in [3.05, 3.63) is 29.8 Å². The summed E-state index contributed by atoms with van der Waals surface area (Å²) >= 11 is -0.209. The summed E-state index contributed by atoms with van der Waals surface area (Å²) in [7, 11) is 0. The van der Waals surface area contributed by atoms with Gasteiger partial charge >= 0.3 is 5.51 Å². The molecule has 15 heavy (non-hydrogen) atoms. The third kappa shape index (κ3) is 4.11. The Morgan fingerprint density at radius 1 is 1.40 bits per heavy atom. The first-order valence-electron chi connectivity index (χ1n) is 4.16. The molecule has 0 heterocycles. The van der Waals surface area contributed by atoms with Crippen molar-refractivity contribution in [2.45, 2.75) is 16.5 Å². The summed E-state index contributed by atoms with van der Waals surface area (Å²) in [6, 6.07) is 5.63.